The average Bonchev–Trinajstić information content (AvgIpc) is 2.60. The van der Waals surface area contributed by atoms with Gasteiger partial charge >= 0.3 is 0 Å². The van der Waals surface area contributed by atoms with Gasteiger partial charge in [-0.25, -0.2) is 8.42 Å². The quantitative estimate of drug-likeness (QED) is 0.663. The first-order chi connectivity index (χ1) is 12.8. The molecule has 0 atom stereocenters. The van der Waals surface area contributed by atoms with Crippen molar-refractivity contribution in [2.45, 2.75) is 39.0 Å². The fourth-order valence-electron chi connectivity index (χ4n) is 2.99. The Balaban J connectivity index is 1.96. The van der Waals surface area contributed by atoms with Gasteiger partial charge in [-0.3, -0.25) is 13.9 Å². The summed E-state index contributed by atoms with van der Waals surface area (Å²) in [6.45, 7) is 1.62. The molecule has 0 heterocycles. The zero-order valence-electron chi connectivity index (χ0n) is 15.8. The van der Waals surface area contributed by atoms with Crippen LogP contribution in [-0.4, -0.2) is 39.6 Å². The predicted molar refractivity (Wildman–Crippen MR) is 107 cm³/mol. The number of nitrogens with zero attached hydrogens (tertiary/aromatic N) is 1. The lowest BCUT2D eigenvalue weighted by atomic mass is 9.97. The summed E-state index contributed by atoms with van der Waals surface area (Å²) in [4.78, 5) is 23.3. The van der Waals surface area contributed by atoms with Crippen molar-refractivity contribution in [3.63, 3.8) is 0 Å². The summed E-state index contributed by atoms with van der Waals surface area (Å²) in [6, 6.07) is 6.32. The van der Waals surface area contributed by atoms with Crippen molar-refractivity contribution in [1.29, 1.82) is 0 Å². The molecule has 0 fully saturated rings. The van der Waals surface area contributed by atoms with Gasteiger partial charge in [-0.1, -0.05) is 11.6 Å². The number of hydrogen-bond acceptors (Lipinski definition) is 4. The summed E-state index contributed by atoms with van der Waals surface area (Å²) in [6.07, 6.45) is 8.68. The highest BCUT2D eigenvalue weighted by Crippen LogP contribution is 2.21. The van der Waals surface area contributed by atoms with Gasteiger partial charge in [0.25, 0.3) is 0 Å². The second-order valence-electron chi connectivity index (χ2n) is 6.71. The van der Waals surface area contributed by atoms with E-state index in [2.05, 4.69) is 16.7 Å². The van der Waals surface area contributed by atoms with Gasteiger partial charge in [-0.05, 0) is 56.4 Å². The lowest BCUT2D eigenvalue weighted by Gasteiger charge is -2.22. The van der Waals surface area contributed by atoms with Crippen LogP contribution < -0.4 is 14.9 Å². The molecule has 1 aliphatic carbocycles. The van der Waals surface area contributed by atoms with Crippen molar-refractivity contribution in [3.8, 4) is 0 Å². The number of amides is 2. The molecular formula is C19H27N3O4S. The van der Waals surface area contributed by atoms with Gasteiger partial charge in [0, 0.05) is 19.2 Å². The van der Waals surface area contributed by atoms with Gasteiger partial charge in [-0.15, -0.1) is 0 Å². The van der Waals surface area contributed by atoms with E-state index in [4.69, 9.17) is 0 Å². The van der Waals surface area contributed by atoms with Crippen LogP contribution in [0.4, 0.5) is 11.4 Å². The van der Waals surface area contributed by atoms with Gasteiger partial charge in [0.1, 0.15) is 6.54 Å². The van der Waals surface area contributed by atoms with E-state index >= 15 is 0 Å². The minimum atomic E-state index is -3.62. The molecule has 0 spiro atoms. The fourth-order valence-corrected chi connectivity index (χ4v) is 3.85. The number of anilines is 2. The summed E-state index contributed by atoms with van der Waals surface area (Å²) < 4.78 is 25.3. The maximum atomic E-state index is 12.2. The number of hydrogen-bond donors (Lipinski definition) is 2. The molecule has 0 saturated carbocycles. The maximum Gasteiger partial charge on any atom is 0.240 e. The molecule has 0 unspecified atom stereocenters. The number of carbonyl (C=O) groups is 2. The molecule has 0 saturated heterocycles. The maximum absolute atomic E-state index is 12.2. The lowest BCUT2D eigenvalue weighted by molar-refractivity contribution is -0.119. The molecule has 0 radical (unpaired) electrons. The number of benzene rings is 1. The smallest absolute Gasteiger partial charge is 0.240 e. The first kappa shape index (κ1) is 21.0. The Bertz CT molecular complexity index is 801. The number of sulfonamides is 1. The van der Waals surface area contributed by atoms with E-state index in [0.717, 1.165) is 29.8 Å². The lowest BCUT2D eigenvalue weighted by Crippen LogP contribution is -2.40. The molecular weight excluding hydrogens is 366 g/mol. The Kier molecular flexibility index (Phi) is 7.41. The minimum Gasteiger partial charge on any atom is -0.354 e. The summed E-state index contributed by atoms with van der Waals surface area (Å²) >= 11 is 0. The molecule has 0 aliphatic heterocycles. The molecule has 2 rings (SSSR count). The SMILES string of the molecule is CC(=O)Nc1ccc(N(CC(=O)NCCC2=CCCCC2)S(C)(=O)=O)cc1. The Morgan fingerprint density at radius 3 is 2.41 bits per heavy atom. The van der Waals surface area contributed by atoms with Gasteiger partial charge in [0.15, 0.2) is 0 Å². The van der Waals surface area contributed by atoms with Crippen molar-refractivity contribution in [3.05, 3.63) is 35.9 Å². The van der Waals surface area contributed by atoms with E-state index in [1.165, 1.54) is 25.3 Å². The number of allylic oxidation sites excluding steroid dienone is 1. The second-order valence-corrected chi connectivity index (χ2v) is 8.61. The zero-order valence-corrected chi connectivity index (χ0v) is 16.6. The van der Waals surface area contributed by atoms with Crippen LogP contribution in [0.25, 0.3) is 0 Å². The molecule has 7 nitrogen and oxygen atoms in total. The van der Waals surface area contributed by atoms with Crippen molar-refractivity contribution in [2.24, 2.45) is 0 Å². The molecule has 1 aromatic carbocycles. The molecule has 27 heavy (non-hydrogen) atoms. The first-order valence-electron chi connectivity index (χ1n) is 9.05. The number of carbonyl (C=O) groups excluding carboxylic acids is 2. The summed E-state index contributed by atoms with van der Waals surface area (Å²) in [5.74, 6) is -0.557. The van der Waals surface area contributed by atoms with Gasteiger partial charge in [0.2, 0.25) is 21.8 Å². The van der Waals surface area contributed by atoms with Crippen molar-refractivity contribution in [1.82, 2.24) is 5.32 Å². The van der Waals surface area contributed by atoms with Crippen LogP contribution >= 0.6 is 0 Å². The highest BCUT2D eigenvalue weighted by Gasteiger charge is 2.20. The summed E-state index contributed by atoms with van der Waals surface area (Å²) in [5.41, 5.74) is 2.29. The first-order valence-corrected chi connectivity index (χ1v) is 10.9. The molecule has 0 aromatic heterocycles. The van der Waals surface area contributed by atoms with Crippen LogP contribution in [0.3, 0.4) is 0 Å². The molecule has 1 aromatic rings. The van der Waals surface area contributed by atoms with Crippen molar-refractivity contribution >= 4 is 33.2 Å². The van der Waals surface area contributed by atoms with Gasteiger partial charge in [-0.2, -0.15) is 0 Å². The predicted octanol–water partition coefficient (Wildman–Crippen LogP) is 2.42. The van der Waals surface area contributed by atoms with Crippen molar-refractivity contribution < 1.29 is 18.0 Å². The topological polar surface area (TPSA) is 95.6 Å². The average molecular weight is 394 g/mol. The summed E-state index contributed by atoms with van der Waals surface area (Å²) in [5, 5.41) is 5.41. The molecule has 2 amide bonds. The Hall–Kier alpha value is -2.35. The molecule has 148 valence electrons. The van der Waals surface area contributed by atoms with Crippen LogP contribution in [0.5, 0.6) is 0 Å². The molecule has 8 heteroatoms. The van der Waals surface area contributed by atoms with Crippen LogP contribution in [0.2, 0.25) is 0 Å². The minimum absolute atomic E-state index is 0.213. The molecule has 2 N–H and O–H groups in total. The number of nitrogens with one attached hydrogen (secondary N) is 2. The second kappa shape index (κ2) is 9.55. The van der Waals surface area contributed by atoms with Crippen LogP contribution in [0.15, 0.2) is 35.9 Å². The van der Waals surface area contributed by atoms with Gasteiger partial charge < -0.3 is 10.6 Å². The molecule has 1 aliphatic rings. The van der Waals surface area contributed by atoms with Crippen LogP contribution in [0.1, 0.15) is 39.0 Å². The van der Waals surface area contributed by atoms with E-state index in [-0.39, 0.29) is 18.4 Å². The van der Waals surface area contributed by atoms with E-state index < -0.39 is 10.0 Å². The highest BCUT2D eigenvalue weighted by molar-refractivity contribution is 7.92. The Morgan fingerprint density at radius 1 is 1.15 bits per heavy atom. The monoisotopic (exact) mass is 393 g/mol. The normalized spacial score (nSPS) is 14.2. The van der Waals surface area contributed by atoms with E-state index in [9.17, 15) is 18.0 Å². The standard InChI is InChI=1S/C19H27N3O4S/c1-15(23)21-17-8-10-18(11-9-17)22(27(2,25)26)14-19(24)20-13-12-16-6-4-3-5-7-16/h6,8-11H,3-5,7,12-14H2,1-2H3,(H,20,24)(H,21,23). The molecule has 0 bridgehead atoms. The van der Waals surface area contributed by atoms with E-state index in [0.29, 0.717) is 17.9 Å². The third-order valence-corrected chi connectivity index (χ3v) is 5.46. The third kappa shape index (κ3) is 7.05. The van der Waals surface area contributed by atoms with E-state index in [1.54, 1.807) is 24.3 Å². The Morgan fingerprint density at radius 2 is 1.85 bits per heavy atom. The van der Waals surface area contributed by atoms with Gasteiger partial charge in [0.05, 0.1) is 11.9 Å². The van der Waals surface area contributed by atoms with E-state index in [1.807, 2.05) is 0 Å². The Labute approximate surface area is 160 Å². The van der Waals surface area contributed by atoms with Crippen LogP contribution in [-0.2, 0) is 19.6 Å². The highest BCUT2D eigenvalue weighted by atomic mass is 32.2. The van der Waals surface area contributed by atoms with Crippen LogP contribution in [0, 0.1) is 0 Å². The van der Waals surface area contributed by atoms with Crippen molar-refractivity contribution in [2.75, 3.05) is 29.0 Å². The summed E-state index contributed by atoms with van der Waals surface area (Å²) in [7, 11) is -3.62. The fraction of sp³-hybridized carbons (Fsp3) is 0.474. The zero-order chi connectivity index (χ0) is 19.9. The number of rotatable bonds is 8. The largest absolute Gasteiger partial charge is 0.354 e. The third-order valence-electron chi connectivity index (χ3n) is 4.32.